The molecular weight excluding hydrogens is 471 g/mol. The first-order valence-electron chi connectivity index (χ1n) is 9.38. The molecule has 2 aromatic rings. The van der Waals surface area contributed by atoms with Crippen LogP contribution < -0.4 is 29.8 Å². The van der Waals surface area contributed by atoms with Gasteiger partial charge in [0.2, 0.25) is 15.9 Å². The second-order valence-electron chi connectivity index (χ2n) is 6.53. The quantitative estimate of drug-likeness (QED) is 0.502. The molecule has 14 heteroatoms. The summed E-state index contributed by atoms with van der Waals surface area (Å²) in [6, 6.07) is 8.05. The molecule has 1 aliphatic rings. The number of alkyl halides is 3. The first-order valence-corrected chi connectivity index (χ1v) is 10.9. The summed E-state index contributed by atoms with van der Waals surface area (Å²) in [6.07, 6.45) is -5.22. The Morgan fingerprint density at radius 2 is 1.64 bits per heavy atom. The van der Waals surface area contributed by atoms with Gasteiger partial charge in [-0.05, 0) is 42.5 Å². The number of hydrogen-bond acceptors (Lipinski definition) is 7. The molecule has 3 N–H and O–H groups in total. The Balaban J connectivity index is 1.44. The van der Waals surface area contributed by atoms with Crippen LogP contribution in [-0.2, 0) is 14.8 Å². The van der Waals surface area contributed by atoms with Crippen molar-refractivity contribution in [3.8, 4) is 17.2 Å². The molecule has 0 saturated heterocycles. The Hall–Kier alpha value is -3.52. The van der Waals surface area contributed by atoms with E-state index in [9.17, 15) is 31.2 Å². The van der Waals surface area contributed by atoms with Crippen LogP contribution >= 0.6 is 0 Å². The van der Waals surface area contributed by atoms with Crippen LogP contribution in [-0.4, -0.2) is 46.4 Å². The van der Waals surface area contributed by atoms with E-state index in [4.69, 9.17) is 9.47 Å². The molecule has 0 saturated carbocycles. The third kappa shape index (κ3) is 6.98. The number of rotatable bonds is 7. The highest BCUT2D eigenvalue weighted by molar-refractivity contribution is 7.89. The zero-order chi connectivity index (χ0) is 24.1. The fraction of sp³-hybridized carbons (Fsp3) is 0.263. The highest BCUT2D eigenvalue weighted by Crippen LogP contribution is 2.30. The van der Waals surface area contributed by atoms with E-state index in [2.05, 4.69) is 20.3 Å². The fourth-order valence-electron chi connectivity index (χ4n) is 2.65. The Morgan fingerprint density at radius 1 is 0.970 bits per heavy atom. The third-order valence-corrected chi connectivity index (χ3v) is 5.61. The predicted octanol–water partition coefficient (Wildman–Crippen LogP) is 1.49. The lowest BCUT2D eigenvalue weighted by atomic mass is 10.2. The standard InChI is InChI=1S/C19H18F3N3O7S/c20-19(21,22)32-13-2-4-14(5-3-13)33(28,29)23-8-7-17(26)24-25-18(27)12-1-6-15-16(11-12)31-10-9-30-15/h1-6,11,23H,7-10H2,(H,24,26)(H,25,27). The number of halogens is 3. The number of sulfonamides is 1. The molecule has 1 heterocycles. The van der Waals surface area contributed by atoms with Crippen molar-refractivity contribution in [3.63, 3.8) is 0 Å². The van der Waals surface area contributed by atoms with E-state index in [0.29, 0.717) is 24.7 Å². The number of amides is 2. The van der Waals surface area contributed by atoms with E-state index in [1.807, 2.05) is 0 Å². The maximum atomic E-state index is 12.2. The van der Waals surface area contributed by atoms with Gasteiger partial charge in [-0.2, -0.15) is 0 Å². The SMILES string of the molecule is O=C(CCNS(=O)(=O)c1ccc(OC(F)(F)F)cc1)NNC(=O)c1ccc2c(c1)OCCO2. The first kappa shape index (κ1) is 24.1. The van der Waals surface area contributed by atoms with E-state index in [-0.39, 0.29) is 23.4 Å². The van der Waals surface area contributed by atoms with Crippen LogP contribution in [0.25, 0.3) is 0 Å². The monoisotopic (exact) mass is 489 g/mol. The number of nitrogens with one attached hydrogen (secondary N) is 3. The molecule has 0 atom stereocenters. The summed E-state index contributed by atoms with van der Waals surface area (Å²) < 4.78 is 77.4. The van der Waals surface area contributed by atoms with Crippen molar-refractivity contribution in [2.24, 2.45) is 0 Å². The summed E-state index contributed by atoms with van der Waals surface area (Å²) >= 11 is 0. The predicted molar refractivity (Wildman–Crippen MR) is 106 cm³/mol. The van der Waals surface area contributed by atoms with Crippen molar-refractivity contribution >= 4 is 21.8 Å². The molecule has 33 heavy (non-hydrogen) atoms. The zero-order valence-corrected chi connectivity index (χ0v) is 17.6. The second-order valence-corrected chi connectivity index (χ2v) is 8.29. The zero-order valence-electron chi connectivity index (χ0n) is 16.8. The van der Waals surface area contributed by atoms with Gasteiger partial charge < -0.3 is 14.2 Å². The lowest BCUT2D eigenvalue weighted by Crippen LogP contribution is -2.42. The van der Waals surface area contributed by atoms with Crippen LogP contribution in [0.15, 0.2) is 47.4 Å². The van der Waals surface area contributed by atoms with E-state index in [0.717, 1.165) is 24.3 Å². The fourth-order valence-corrected chi connectivity index (χ4v) is 3.68. The van der Waals surface area contributed by atoms with Gasteiger partial charge in [0.1, 0.15) is 19.0 Å². The Bertz CT molecular complexity index is 1120. The van der Waals surface area contributed by atoms with Crippen molar-refractivity contribution in [2.45, 2.75) is 17.7 Å². The topological polar surface area (TPSA) is 132 Å². The van der Waals surface area contributed by atoms with Crippen LogP contribution in [0.5, 0.6) is 17.2 Å². The minimum atomic E-state index is -4.90. The van der Waals surface area contributed by atoms with Crippen LogP contribution in [0, 0.1) is 0 Å². The van der Waals surface area contributed by atoms with Gasteiger partial charge in [0, 0.05) is 18.5 Å². The van der Waals surface area contributed by atoms with Crippen LogP contribution in [0.3, 0.4) is 0 Å². The van der Waals surface area contributed by atoms with Gasteiger partial charge in [0.25, 0.3) is 5.91 Å². The summed E-state index contributed by atoms with van der Waals surface area (Å²) in [6.45, 7) is 0.418. The average molecular weight is 489 g/mol. The highest BCUT2D eigenvalue weighted by Gasteiger charge is 2.31. The molecule has 0 spiro atoms. The van der Waals surface area contributed by atoms with E-state index in [1.165, 1.54) is 12.1 Å². The Kier molecular flexibility index (Phi) is 7.28. The molecule has 0 radical (unpaired) electrons. The Labute approximate surface area is 186 Å². The van der Waals surface area contributed by atoms with Gasteiger partial charge >= 0.3 is 6.36 Å². The molecule has 178 valence electrons. The number of ether oxygens (including phenoxy) is 3. The number of hydrazine groups is 1. The van der Waals surface area contributed by atoms with Gasteiger partial charge in [0.05, 0.1) is 4.90 Å². The molecule has 0 aromatic heterocycles. The van der Waals surface area contributed by atoms with Crippen LogP contribution in [0.2, 0.25) is 0 Å². The van der Waals surface area contributed by atoms with E-state index < -0.39 is 33.9 Å². The van der Waals surface area contributed by atoms with Crippen LogP contribution in [0.4, 0.5) is 13.2 Å². The maximum Gasteiger partial charge on any atom is 0.573 e. The molecule has 2 amide bonds. The smallest absolute Gasteiger partial charge is 0.486 e. The minimum Gasteiger partial charge on any atom is -0.486 e. The summed E-state index contributed by atoms with van der Waals surface area (Å²) in [5, 5.41) is 0. The van der Waals surface area contributed by atoms with Crippen molar-refractivity contribution in [1.82, 2.24) is 15.6 Å². The summed E-state index contributed by atoms with van der Waals surface area (Å²) in [4.78, 5) is 23.7. The number of hydrogen-bond donors (Lipinski definition) is 3. The molecule has 0 aliphatic carbocycles. The molecule has 1 aliphatic heterocycles. The van der Waals surface area contributed by atoms with Crippen molar-refractivity contribution in [2.75, 3.05) is 19.8 Å². The van der Waals surface area contributed by atoms with Crippen molar-refractivity contribution in [3.05, 3.63) is 48.0 Å². The van der Waals surface area contributed by atoms with Gasteiger partial charge in [0.15, 0.2) is 11.5 Å². The minimum absolute atomic E-state index is 0.207. The van der Waals surface area contributed by atoms with E-state index in [1.54, 1.807) is 6.07 Å². The summed E-state index contributed by atoms with van der Waals surface area (Å²) in [5.74, 6) is -0.988. The molecule has 0 bridgehead atoms. The molecule has 2 aromatic carbocycles. The first-order chi connectivity index (χ1) is 15.5. The Morgan fingerprint density at radius 3 is 2.30 bits per heavy atom. The average Bonchev–Trinajstić information content (AvgIpc) is 2.76. The van der Waals surface area contributed by atoms with Gasteiger partial charge in [-0.3, -0.25) is 20.4 Å². The van der Waals surface area contributed by atoms with Crippen molar-refractivity contribution < 1.29 is 45.4 Å². The molecular formula is C19H18F3N3O7S. The molecule has 10 nitrogen and oxygen atoms in total. The maximum absolute atomic E-state index is 12.2. The number of fused-ring (bicyclic) bond motifs is 1. The van der Waals surface area contributed by atoms with Gasteiger partial charge in [-0.1, -0.05) is 0 Å². The second kappa shape index (κ2) is 9.95. The number of carbonyl (C=O) groups excluding carboxylic acids is 2. The molecule has 0 unspecified atom stereocenters. The largest absolute Gasteiger partial charge is 0.573 e. The number of benzene rings is 2. The van der Waals surface area contributed by atoms with Crippen molar-refractivity contribution in [1.29, 1.82) is 0 Å². The normalized spacial score (nSPS) is 13.2. The lowest BCUT2D eigenvalue weighted by molar-refractivity contribution is -0.274. The van der Waals surface area contributed by atoms with Crippen LogP contribution in [0.1, 0.15) is 16.8 Å². The molecule has 0 fully saturated rings. The lowest BCUT2D eigenvalue weighted by Gasteiger charge is -2.18. The van der Waals surface area contributed by atoms with Gasteiger partial charge in [-0.15, -0.1) is 13.2 Å². The number of carbonyl (C=O) groups is 2. The molecule has 3 rings (SSSR count). The van der Waals surface area contributed by atoms with E-state index >= 15 is 0 Å². The highest BCUT2D eigenvalue weighted by atomic mass is 32.2. The third-order valence-electron chi connectivity index (χ3n) is 4.13. The van der Waals surface area contributed by atoms with Gasteiger partial charge in [-0.25, -0.2) is 13.1 Å². The summed E-state index contributed by atoms with van der Waals surface area (Å²) in [7, 11) is -4.08. The summed E-state index contributed by atoms with van der Waals surface area (Å²) in [5.41, 5.74) is 4.55.